The standard InChI is InChI=1S/C21H41NO/c1-3-5-6-7-8-9-10-11-12-13-14-15-16-17-18-21-22-19-20(4-2)23-21/h20H,3-19H2,1-2H3. The van der Waals surface area contributed by atoms with Crippen LogP contribution in [0.1, 0.15) is 117 Å². The van der Waals surface area contributed by atoms with Crippen LogP contribution in [-0.4, -0.2) is 18.5 Å². The van der Waals surface area contributed by atoms with Crippen molar-refractivity contribution in [1.29, 1.82) is 0 Å². The van der Waals surface area contributed by atoms with Crippen molar-refractivity contribution in [2.75, 3.05) is 6.54 Å². The van der Waals surface area contributed by atoms with Crippen molar-refractivity contribution < 1.29 is 4.74 Å². The van der Waals surface area contributed by atoms with E-state index in [0.29, 0.717) is 6.10 Å². The zero-order valence-electron chi connectivity index (χ0n) is 16.0. The van der Waals surface area contributed by atoms with Crippen molar-refractivity contribution in [3.05, 3.63) is 0 Å². The number of hydrogen-bond acceptors (Lipinski definition) is 2. The molecule has 0 radical (unpaired) electrons. The molecule has 1 atom stereocenters. The van der Waals surface area contributed by atoms with E-state index in [4.69, 9.17) is 4.74 Å². The number of rotatable bonds is 16. The Hall–Kier alpha value is -0.530. The lowest BCUT2D eigenvalue weighted by molar-refractivity contribution is 0.213. The van der Waals surface area contributed by atoms with E-state index in [-0.39, 0.29) is 0 Å². The summed E-state index contributed by atoms with van der Waals surface area (Å²) in [4.78, 5) is 4.48. The van der Waals surface area contributed by atoms with Crippen LogP contribution in [0.5, 0.6) is 0 Å². The van der Waals surface area contributed by atoms with Crippen LogP contribution in [0, 0.1) is 0 Å². The molecule has 136 valence electrons. The summed E-state index contributed by atoms with van der Waals surface area (Å²) in [6.45, 7) is 5.36. The molecule has 0 saturated carbocycles. The molecule has 0 aromatic heterocycles. The fourth-order valence-electron chi connectivity index (χ4n) is 3.29. The van der Waals surface area contributed by atoms with Crippen molar-refractivity contribution in [3.8, 4) is 0 Å². The van der Waals surface area contributed by atoms with Crippen LogP contribution in [0.15, 0.2) is 4.99 Å². The van der Waals surface area contributed by atoms with Gasteiger partial charge in [-0.25, -0.2) is 0 Å². The maximum atomic E-state index is 5.77. The number of aliphatic imine (C=N–C) groups is 1. The number of unbranched alkanes of at least 4 members (excludes halogenated alkanes) is 13. The molecule has 0 saturated heterocycles. The summed E-state index contributed by atoms with van der Waals surface area (Å²) in [7, 11) is 0. The van der Waals surface area contributed by atoms with E-state index < -0.39 is 0 Å². The quantitative estimate of drug-likeness (QED) is 0.278. The molecule has 0 spiro atoms. The van der Waals surface area contributed by atoms with Crippen LogP contribution < -0.4 is 0 Å². The lowest BCUT2D eigenvalue weighted by Gasteiger charge is -2.08. The van der Waals surface area contributed by atoms with Gasteiger partial charge in [-0.2, -0.15) is 0 Å². The summed E-state index contributed by atoms with van der Waals surface area (Å²) in [5.74, 6) is 1.02. The lowest BCUT2D eigenvalue weighted by atomic mass is 10.0. The molecule has 0 bridgehead atoms. The minimum atomic E-state index is 0.372. The van der Waals surface area contributed by atoms with Crippen LogP contribution in [0.3, 0.4) is 0 Å². The van der Waals surface area contributed by atoms with Crippen LogP contribution in [0.4, 0.5) is 0 Å². The molecule has 0 N–H and O–H groups in total. The molecule has 2 nitrogen and oxygen atoms in total. The van der Waals surface area contributed by atoms with Gasteiger partial charge in [0, 0.05) is 6.42 Å². The van der Waals surface area contributed by atoms with E-state index in [0.717, 1.165) is 25.3 Å². The first-order valence-corrected chi connectivity index (χ1v) is 10.6. The van der Waals surface area contributed by atoms with E-state index in [1.165, 1.54) is 89.9 Å². The fraction of sp³-hybridized carbons (Fsp3) is 0.952. The topological polar surface area (TPSA) is 21.6 Å². The van der Waals surface area contributed by atoms with E-state index in [1.807, 2.05) is 0 Å². The Morgan fingerprint density at radius 2 is 1.22 bits per heavy atom. The lowest BCUT2D eigenvalue weighted by Crippen LogP contribution is -2.11. The molecular formula is C21H41NO. The molecule has 0 aromatic rings. The first-order valence-electron chi connectivity index (χ1n) is 10.6. The van der Waals surface area contributed by atoms with Gasteiger partial charge in [-0.05, 0) is 12.8 Å². The highest BCUT2D eigenvalue weighted by Crippen LogP contribution is 2.15. The third-order valence-electron chi connectivity index (χ3n) is 4.97. The van der Waals surface area contributed by atoms with Crippen LogP contribution in [0.25, 0.3) is 0 Å². The zero-order valence-corrected chi connectivity index (χ0v) is 16.0. The zero-order chi connectivity index (χ0) is 16.6. The summed E-state index contributed by atoms with van der Waals surface area (Å²) in [6, 6.07) is 0. The van der Waals surface area contributed by atoms with E-state index in [1.54, 1.807) is 0 Å². The second kappa shape index (κ2) is 15.0. The van der Waals surface area contributed by atoms with Gasteiger partial charge < -0.3 is 4.74 Å². The normalized spacial score (nSPS) is 17.3. The van der Waals surface area contributed by atoms with Crippen molar-refractivity contribution in [1.82, 2.24) is 0 Å². The minimum Gasteiger partial charge on any atom is -0.476 e. The summed E-state index contributed by atoms with van der Waals surface area (Å²) in [5, 5.41) is 0. The Labute approximate surface area is 145 Å². The first-order chi connectivity index (χ1) is 11.4. The van der Waals surface area contributed by atoms with Crippen LogP contribution >= 0.6 is 0 Å². The van der Waals surface area contributed by atoms with Crippen molar-refractivity contribution in [3.63, 3.8) is 0 Å². The Kier molecular flexibility index (Phi) is 13.4. The summed E-state index contributed by atoms with van der Waals surface area (Å²) in [5.41, 5.74) is 0. The van der Waals surface area contributed by atoms with E-state index in [2.05, 4.69) is 18.8 Å². The molecule has 1 heterocycles. The highest BCUT2D eigenvalue weighted by molar-refractivity contribution is 5.77. The summed E-state index contributed by atoms with van der Waals surface area (Å²) in [6.07, 6.45) is 22.4. The monoisotopic (exact) mass is 323 g/mol. The second-order valence-electron chi connectivity index (χ2n) is 7.23. The first kappa shape index (κ1) is 20.5. The third-order valence-corrected chi connectivity index (χ3v) is 4.97. The Morgan fingerprint density at radius 1 is 0.739 bits per heavy atom. The Bertz CT molecular complexity index is 288. The van der Waals surface area contributed by atoms with E-state index >= 15 is 0 Å². The smallest absolute Gasteiger partial charge is 0.183 e. The van der Waals surface area contributed by atoms with Crippen LogP contribution in [0.2, 0.25) is 0 Å². The summed E-state index contributed by atoms with van der Waals surface area (Å²) < 4.78 is 5.77. The highest BCUT2D eigenvalue weighted by Gasteiger charge is 2.16. The van der Waals surface area contributed by atoms with Crippen molar-refractivity contribution in [2.24, 2.45) is 4.99 Å². The van der Waals surface area contributed by atoms with Crippen molar-refractivity contribution in [2.45, 2.75) is 123 Å². The highest BCUT2D eigenvalue weighted by atomic mass is 16.5. The molecule has 2 heteroatoms. The van der Waals surface area contributed by atoms with Crippen LogP contribution in [-0.2, 0) is 4.74 Å². The van der Waals surface area contributed by atoms with Gasteiger partial charge in [0.05, 0.1) is 6.54 Å². The number of nitrogens with zero attached hydrogens (tertiary/aromatic N) is 1. The number of ether oxygens (including phenoxy) is 1. The molecule has 1 aliphatic rings. The molecule has 1 aliphatic heterocycles. The minimum absolute atomic E-state index is 0.372. The predicted octanol–water partition coefficient (Wildman–Crippen LogP) is 7.07. The molecular weight excluding hydrogens is 282 g/mol. The third kappa shape index (κ3) is 11.6. The molecule has 23 heavy (non-hydrogen) atoms. The van der Waals surface area contributed by atoms with E-state index in [9.17, 15) is 0 Å². The van der Waals surface area contributed by atoms with Gasteiger partial charge in [0.15, 0.2) is 5.90 Å². The van der Waals surface area contributed by atoms with Gasteiger partial charge in [-0.3, -0.25) is 4.99 Å². The molecule has 1 rings (SSSR count). The predicted molar refractivity (Wildman–Crippen MR) is 102 cm³/mol. The SMILES string of the molecule is CCCCCCCCCCCCCCCCC1=NCC(CC)O1. The Morgan fingerprint density at radius 3 is 1.65 bits per heavy atom. The molecule has 1 unspecified atom stereocenters. The maximum absolute atomic E-state index is 5.77. The van der Waals surface area contributed by atoms with Gasteiger partial charge in [0.2, 0.25) is 0 Å². The molecule has 0 aliphatic carbocycles. The Balaban J connectivity index is 1.72. The summed E-state index contributed by atoms with van der Waals surface area (Å²) >= 11 is 0. The largest absolute Gasteiger partial charge is 0.476 e. The maximum Gasteiger partial charge on any atom is 0.183 e. The molecule has 0 amide bonds. The second-order valence-corrected chi connectivity index (χ2v) is 7.23. The fourth-order valence-corrected chi connectivity index (χ4v) is 3.29. The van der Waals surface area contributed by atoms with Crippen molar-refractivity contribution >= 4 is 5.90 Å². The van der Waals surface area contributed by atoms with Gasteiger partial charge in [-0.1, -0.05) is 97.3 Å². The van der Waals surface area contributed by atoms with Gasteiger partial charge >= 0.3 is 0 Å². The van der Waals surface area contributed by atoms with Gasteiger partial charge in [-0.15, -0.1) is 0 Å². The van der Waals surface area contributed by atoms with Gasteiger partial charge in [0.1, 0.15) is 6.10 Å². The van der Waals surface area contributed by atoms with Gasteiger partial charge in [0.25, 0.3) is 0 Å². The molecule has 0 fully saturated rings. The number of hydrogen-bond donors (Lipinski definition) is 0. The average molecular weight is 324 g/mol. The molecule has 0 aromatic carbocycles. The average Bonchev–Trinajstić information content (AvgIpc) is 3.03.